The van der Waals surface area contributed by atoms with E-state index in [4.69, 9.17) is 5.73 Å². The molecule has 37 heavy (non-hydrogen) atoms. The van der Waals surface area contributed by atoms with Crippen LogP contribution in [-0.2, 0) is 33.6 Å². The van der Waals surface area contributed by atoms with Gasteiger partial charge in [-0.1, -0.05) is 53.7 Å². The monoisotopic (exact) mass is 521 g/mol. The number of rotatable bonds is 9. The van der Waals surface area contributed by atoms with Crippen LogP contribution in [0.1, 0.15) is 47.9 Å². The van der Waals surface area contributed by atoms with Gasteiger partial charge in [0.15, 0.2) is 0 Å². The molecular weight excluding hydrogens is 486 g/mol. The molecule has 2 aromatic rings. The molecule has 0 radical (unpaired) electrons. The summed E-state index contributed by atoms with van der Waals surface area (Å²) in [6.07, 6.45) is 5.47. The van der Waals surface area contributed by atoms with Crippen LogP contribution in [0, 0.1) is 12.8 Å². The number of piperidine rings is 1. The molecule has 2 aromatic carbocycles. The van der Waals surface area contributed by atoms with Gasteiger partial charge in [0.2, 0.25) is 11.8 Å². The SMILES string of the molecule is Cc1ccc(CC(=O)N2CCC(CCN3C(=O)CCc4c(CC(C=O)SC(N)=O)cccc43)CC2)cc1. The van der Waals surface area contributed by atoms with Gasteiger partial charge in [-0.2, -0.15) is 0 Å². The Labute approximate surface area is 222 Å². The summed E-state index contributed by atoms with van der Waals surface area (Å²) in [5.74, 6) is 0.767. The van der Waals surface area contributed by atoms with E-state index >= 15 is 0 Å². The Morgan fingerprint density at radius 3 is 2.51 bits per heavy atom. The minimum absolute atomic E-state index is 0.119. The lowest BCUT2D eigenvalue weighted by molar-refractivity contribution is -0.131. The third-order valence-electron chi connectivity index (χ3n) is 7.47. The van der Waals surface area contributed by atoms with Crippen molar-refractivity contribution in [1.29, 1.82) is 0 Å². The first-order valence-corrected chi connectivity index (χ1v) is 13.9. The Balaban J connectivity index is 1.33. The third-order valence-corrected chi connectivity index (χ3v) is 8.29. The zero-order valence-electron chi connectivity index (χ0n) is 21.4. The summed E-state index contributed by atoms with van der Waals surface area (Å²) in [5, 5.41) is -1.10. The number of thioether (sulfide) groups is 1. The van der Waals surface area contributed by atoms with Gasteiger partial charge in [0, 0.05) is 31.7 Å². The molecule has 2 aliphatic heterocycles. The van der Waals surface area contributed by atoms with Crippen molar-refractivity contribution in [3.05, 3.63) is 64.7 Å². The normalized spacial score (nSPS) is 16.8. The van der Waals surface area contributed by atoms with E-state index in [0.717, 1.165) is 72.8 Å². The number of likely N-dealkylation sites (tertiary alicyclic amines) is 1. The van der Waals surface area contributed by atoms with Crippen LogP contribution in [0.4, 0.5) is 10.5 Å². The first kappa shape index (κ1) is 26.9. The first-order chi connectivity index (χ1) is 17.8. The highest BCUT2D eigenvalue weighted by Crippen LogP contribution is 2.33. The Bertz CT molecular complexity index is 1140. The van der Waals surface area contributed by atoms with E-state index in [9.17, 15) is 19.2 Å². The number of nitrogens with zero attached hydrogens (tertiary/aromatic N) is 2. The summed E-state index contributed by atoms with van der Waals surface area (Å²) in [4.78, 5) is 52.2. The van der Waals surface area contributed by atoms with Crippen molar-refractivity contribution in [2.75, 3.05) is 24.5 Å². The summed E-state index contributed by atoms with van der Waals surface area (Å²) in [6, 6.07) is 14.0. The molecule has 8 heteroatoms. The second kappa shape index (κ2) is 12.4. The van der Waals surface area contributed by atoms with E-state index in [2.05, 4.69) is 0 Å². The average Bonchev–Trinajstić information content (AvgIpc) is 2.89. The molecule has 0 spiro atoms. The van der Waals surface area contributed by atoms with Crippen LogP contribution in [0.2, 0.25) is 0 Å². The Hall–Kier alpha value is -3.13. The quantitative estimate of drug-likeness (QED) is 0.502. The zero-order chi connectivity index (χ0) is 26.4. The van der Waals surface area contributed by atoms with E-state index in [-0.39, 0.29) is 11.8 Å². The number of benzene rings is 2. The van der Waals surface area contributed by atoms with Gasteiger partial charge in [0.25, 0.3) is 5.24 Å². The molecule has 0 aromatic heterocycles. The fourth-order valence-electron chi connectivity index (χ4n) is 5.36. The zero-order valence-corrected chi connectivity index (χ0v) is 22.2. The fraction of sp³-hybridized carbons (Fsp3) is 0.448. The molecule has 1 fully saturated rings. The molecule has 2 heterocycles. The molecule has 1 unspecified atom stereocenters. The van der Waals surface area contributed by atoms with Gasteiger partial charge in [-0.05, 0) is 67.7 Å². The molecule has 196 valence electrons. The molecule has 3 amide bonds. The van der Waals surface area contributed by atoms with Gasteiger partial charge in [0.05, 0.1) is 11.7 Å². The maximum absolute atomic E-state index is 12.9. The lowest BCUT2D eigenvalue weighted by Gasteiger charge is -2.35. The number of carbonyl (C=O) groups excluding carboxylic acids is 4. The van der Waals surface area contributed by atoms with Crippen molar-refractivity contribution in [2.45, 2.75) is 57.1 Å². The van der Waals surface area contributed by atoms with Gasteiger partial charge in [-0.3, -0.25) is 14.4 Å². The molecular formula is C29H35N3O4S. The summed E-state index contributed by atoms with van der Waals surface area (Å²) in [6.45, 7) is 4.20. The molecule has 0 bridgehead atoms. The highest BCUT2D eigenvalue weighted by atomic mass is 32.2. The van der Waals surface area contributed by atoms with E-state index in [1.54, 1.807) is 0 Å². The van der Waals surface area contributed by atoms with Gasteiger partial charge in [0.1, 0.15) is 6.29 Å². The largest absolute Gasteiger partial charge is 0.360 e. The van der Waals surface area contributed by atoms with E-state index in [0.29, 0.717) is 38.1 Å². The molecule has 2 N–H and O–H groups in total. The van der Waals surface area contributed by atoms with Gasteiger partial charge in [-0.15, -0.1) is 0 Å². The molecule has 4 rings (SSSR count). The number of amides is 3. The first-order valence-electron chi connectivity index (χ1n) is 13.0. The highest BCUT2D eigenvalue weighted by molar-refractivity contribution is 8.14. The summed E-state index contributed by atoms with van der Waals surface area (Å²) >= 11 is 0.841. The lowest BCUT2D eigenvalue weighted by atomic mass is 9.90. The topological polar surface area (TPSA) is 101 Å². The lowest BCUT2D eigenvalue weighted by Crippen LogP contribution is -2.41. The summed E-state index contributed by atoms with van der Waals surface area (Å²) in [7, 11) is 0. The van der Waals surface area contributed by atoms with Crippen molar-refractivity contribution >= 4 is 40.8 Å². The van der Waals surface area contributed by atoms with Crippen LogP contribution in [0.5, 0.6) is 0 Å². The van der Waals surface area contributed by atoms with Crippen LogP contribution in [0.25, 0.3) is 0 Å². The van der Waals surface area contributed by atoms with Crippen molar-refractivity contribution in [1.82, 2.24) is 4.90 Å². The number of hydrogen-bond donors (Lipinski definition) is 1. The number of nitrogens with two attached hydrogens (primary N) is 1. The number of aryl methyl sites for hydroxylation is 1. The standard InChI is InChI=1S/C29H35N3O4S/c1-20-5-7-22(8-6-20)17-28(35)31-14-11-21(12-15-31)13-16-32-26-4-2-3-23(25(26)9-10-27(32)34)18-24(19-33)37-29(30)36/h2-8,19,21,24H,9-18H2,1H3,(H2,30,36). The van der Waals surface area contributed by atoms with Crippen molar-refractivity contribution < 1.29 is 19.2 Å². The van der Waals surface area contributed by atoms with E-state index < -0.39 is 10.5 Å². The molecule has 2 aliphatic rings. The predicted octanol–water partition coefficient (Wildman–Crippen LogP) is 4.07. The van der Waals surface area contributed by atoms with E-state index in [1.165, 1.54) is 5.56 Å². The van der Waals surface area contributed by atoms with Crippen LogP contribution in [0.15, 0.2) is 42.5 Å². The second-order valence-electron chi connectivity index (χ2n) is 10.1. The molecule has 7 nitrogen and oxygen atoms in total. The Kier molecular flexibility index (Phi) is 9.03. The van der Waals surface area contributed by atoms with Gasteiger partial charge in [-0.25, -0.2) is 0 Å². The second-order valence-corrected chi connectivity index (χ2v) is 11.3. The molecule has 1 atom stereocenters. The Morgan fingerprint density at radius 1 is 1.11 bits per heavy atom. The van der Waals surface area contributed by atoms with Gasteiger partial charge >= 0.3 is 0 Å². The molecule has 1 saturated heterocycles. The number of fused-ring (bicyclic) bond motifs is 1. The number of primary amides is 1. The van der Waals surface area contributed by atoms with Gasteiger partial charge < -0.3 is 20.3 Å². The minimum Gasteiger partial charge on any atom is -0.360 e. The summed E-state index contributed by atoms with van der Waals surface area (Å²) in [5.41, 5.74) is 10.5. The number of aldehydes is 1. The number of hydrogen-bond acceptors (Lipinski definition) is 5. The third kappa shape index (κ3) is 7.01. The predicted molar refractivity (Wildman–Crippen MR) is 147 cm³/mol. The van der Waals surface area contributed by atoms with Crippen LogP contribution < -0.4 is 10.6 Å². The molecule has 0 aliphatic carbocycles. The van der Waals surface area contributed by atoms with Crippen LogP contribution in [-0.4, -0.2) is 53.1 Å². The van der Waals surface area contributed by atoms with Crippen LogP contribution >= 0.6 is 11.8 Å². The Morgan fingerprint density at radius 2 is 1.84 bits per heavy atom. The van der Waals surface area contributed by atoms with Crippen molar-refractivity contribution in [2.24, 2.45) is 11.7 Å². The smallest absolute Gasteiger partial charge is 0.277 e. The fourth-order valence-corrected chi connectivity index (χ4v) is 5.98. The van der Waals surface area contributed by atoms with Crippen LogP contribution in [0.3, 0.4) is 0 Å². The maximum Gasteiger partial charge on any atom is 0.277 e. The van der Waals surface area contributed by atoms with Crippen molar-refractivity contribution in [3.8, 4) is 0 Å². The highest BCUT2D eigenvalue weighted by Gasteiger charge is 2.29. The van der Waals surface area contributed by atoms with Crippen molar-refractivity contribution in [3.63, 3.8) is 0 Å². The number of anilines is 1. The molecule has 0 saturated carbocycles. The number of carbonyl (C=O) groups is 4. The maximum atomic E-state index is 12.9. The minimum atomic E-state index is -0.568. The summed E-state index contributed by atoms with van der Waals surface area (Å²) < 4.78 is 0. The average molecular weight is 522 g/mol. The van der Waals surface area contributed by atoms with E-state index in [1.807, 2.05) is 59.2 Å².